The number of amides is 3. The van der Waals surface area contributed by atoms with Crippen LogP contribution >= 0.6 is 0 Å². The molecule has 0 bridgehead atoms. The highest BCUT2D eigenvalue weighted by Crippen LogP contribution is 2.21. The number of likely N-dealkylation sites (tertiary alicyclic amines) is 1. The monoisotopic (exact) mass is 485 g/mol. The van der Waals surface area contributed by atoms with Crippen LogP contribution in [0.5, 0.6) is 0 Å². The first-order valence-corrected chi connectivity index (χ1v) is 13.4. The van der Waals surface area contributed by atoms with E-state index >= 15 is 0 Å². The first kappa shape index (κ1) is 25.4. The molecule has 1 aliphatic rings. The summed E-state index contributed by atoms with van der Waals surface area (Å²) in [6.45, 7) is 2.59. The van der Waals surface area contributed by atoms with E-state index in [2.05, 4.69) is 10.6 Å². The average Bonchev–Trinajstić information content (AvgIpc) is 2.81. The van der Waals surface area contributed by atoms with Crippen LogP contribution in [0.15, 0.2) is 54.6 Å². The number of anilines is 1. The fraction of sp³-hybridized carbons (Fsp3) is 0.400. The number of piperidine rings is 1. The van der Waals surface area contributed by atoms with Crippen molar-refractivity contribution in [1.82, 2.24) is 10.2 Å². The van der Waals surface area contributed by atoms with Gasteiger partial charge in [0.1, 0.15) is 15.9 Å². The Morgan fingerprint density at radius 2 is 1.71 bits per heavy atom. The standard InChI is InChI=1S/C25H31N3O5S/c1-18-7-6-8-20(17-18)24(30)27-22(13-16-34(2,32)33)25(31)28-14-11-19(12-15-28)23(29)26-21-9-4-3-5-10-21/h3-10,17,19,22H,11-16H2,1-2H3,(H,26,29)(H,27,30)/t22-/m0/s1. The molecule has 0 saturated carbocycles. The van der Waals surface area contributed by atoms with Crippen molar-refractivity contribution in [2.24, 2.45) is 5.92 Å². The summed E-state index contributed by atoms with van der Waals surface area (Å²) in [5.41, 5.74) is 2.04. The van der Waals surface area contributed by atoms with E-state index in [4.69, 9.17) is 0 Å². The van der Waals surface area contributed by atoms with Crippen LogP contribution in [0, 0.1) is 12.8 Å². The Hall–Kier alpha value is -3.20. The lowest BCUT2D eigenvalue weighted by atomic mass is 9.95. The molecule has 1 aliphatic heterocycles. The van der Waals surface area contributed by atoms with Crippen LogP contribution in [-0.2, 0) is 19.4 Å². The van der Waals surface area contributed by atoms with E-state index in [1.54, 1.807) is 23.1 Å². The molecule has 1 heterocycles. The molecule has 0 unspecified atom stereocenters. The zero-order valence-electron chi connectivity index (χ0n) is 19.5. The molecule has 3 rings (SSSR count). The number of nitrogens with one attached hydrogen (secondary N) is 2. The molecule has 0 aliphatic carbocycles. The summed E-state index contributed by atoms with van der Waals surface area (Å²) in [5, 5.41) is 5.62. The van der Waals surface area contributed by atoms with Crippen LogP contribution in [0.4, 0.5) is 5.69 Å². The van der Waals surface area contributed by atoms with E-state index in [1.807, 2.05) is 43.3 Å². The molecule has 0 aromatic heterocycles. The van der Waals surface area contributed by atoms with E-state index in [1.165, 1.54) is 0 Å². The summed E-state index contributed by atoms with van der Waals surface area (Å²) < 4.78 is 23.4. The quantitative estimate of drug-likeness (QED) is 0.596. The second-order valence-electron chi connectivity index (χ2n) is 8.77. The number of carbonyl (C=O) groups excluding carboxylic acids is 3. The summed E-state index contributed by atoms with van der Waals surface area (Å²) in [6.07, 6.45) is 2.08. The first-order valence-electron chi connectivity index (χ1n) is 11.3. The van der Waals surface area contributed by atoms with Gasteiger partial charge in [0.05, 0.1) is 5.75 Å². The van der Waals surface area contributed by atoms with Gasteiger partial charge in [0.2, 0.25) is 11.8 Å². The third kappa shape index (κ3) is 7.41. The van der Waals surface area contributed by atoms with Gasteiger partial charge in [-0.15, -0.1) is 0 Å². The smallest absolute Gasteiger partial charge is 0.251 e. The number of para-hydroxylation sites is 1. The minimum Gasteiger partial charge on any atom is -0.341 e. The van der Waals surface area contributed by atoms with Gasteiger partial charge in [-0.3, -0.25) is 14.4 Å². The molecule has 182 valence electrons. The lowest BCUT2D eigenvalue weighted by molar-refractivity contribution is -0.136. The van der Waals surface area contributed by atoms with Crippen LogP contribution in [0.25, 0.3) is 0 Å². The highest BCUT2D eigenvalue weighted by Gasteiger charge is 2.32. The second-order valence-corrected chi connectivity index (χ2v) is 11.0. The molecule has 2 aromatic rings. The first-order chi connectivity index (χ1) is 16.1. The number of carbonyl (C=O) groups is 3. The molecule has 1 saturated heterocycles. The molecule has 0 spiro atoms. The third-order valence-electron chi connectivity index (χ3n) is 5.88. The predicted molar refractivity (Wildman–Crippen MR) is 131 cm³/mol. The van der Waals surface area contributed by atoms with E-state index in [0.717, 1.165) is 17.5 Å². The van der Waals surface area contributed by atoms with Crippen molar-refractivity contribution >= 4 is 33.2 Å². The van der Waals surface area contributed by atoms with E-state index in [-0.39, 0.29) is 29.9 Å². The highest BCUT2D eigenvalue weighted by molar-refractivity contribution is 7.90. The highest BCUT2D eigenvalue weighted by atomic mass is 32.2. The lowest BCUT2D eigenvalue weighted by Crippen LogP contribution is -2.52. The van der Waals surface area contributed by atoms with Crippen molar-refractivity contribution in [3.8, 4) is 0 Å². The molecule has 2 N–H and O–H groups in total. The van der Waals surface area contributed by atoms with E-state index < -0.39 is 21.8 Å². The van der Waals surface area contributed by atoms with Gasteiger partial charge in [-0.05, 0) is 50.5 Å². The summed E-state index contributed by atoms with van der Waals surface area (Å²) >= 11 is 0. The minimum absolute atomic E-state index is 0.0103. The zero-order chi connectivity index (χ0) is 24.7. The largest absolute Gasteiger partial charge is 0.341 e. The van der Waals surface area contributed by atoms with Crippen molar-refractivity contribution in [2.75, 3.05) is 30.4 Å². The van der Waals surface area contributed by atoms with Crippen LogP contribution in [-0.4, -0.2) is 62.2 Å². The fourth-order valence-electron chi connectivity index (χ4n) is 3.97. The maximum Gasteiger partial charge on any atom is 0.251 e. The number of benzene rings is 2. The Kier molecular flexibility index (Phi) is 8.44. The maximum absolute atomic E-state index is 13.2. The molecular weight excluding hydrogens is 454 g/mol. The zero-order valence-corrected chi connectivity index (χ0v) is 20.3. The van der Waals surface area contributed by atoms with Crippen molar-refractivity contribution in [1.29, 1.82) is 0 Å². The normalized spacial score (nSPS) is 15.4. The summed E-state index contributed by atoms with van der Waals surface area (Å²) in [7, 11) is -3.32. The molecule has 0 radical (unpaired) electrons. The SMILES string of the molecule is Cc1cccc(C(=O)N[C@@H](CCS(C)(=O)=O)C(=O)N2CCC(C(=O)Nc3ccccc3)CC2)c1. The lowest BCUT2D eigenvalue weighted by Gasteiger charge is -2.34. The number of hydrogen-bond donors (Lipinski definition) is 2. The van der Waals surface area contributed by atoms with Gasteiger partial charge >= 0.3 is 0 Å². The topological polar surface area (TPSA) is 113 Å². The Labute approximate surface area is 200 Å². The van der Waals surface area contributed by atoms with Crippen molar-refractivity contribution in [3.05, 3.63) is 65.7 Å². The van der Waals surface area contributed by atoms with Crippen molar-refractivity contribution < 1.29 is 22.8 Å². The van der Waals surface area contributed by atoms with E-state index in [0.29, 0.717) is 31.5 Å². The molecule has 9 heteroatoms. The molecule has 1 atom stereocenters. The Bertz CT molecular complexity index is 1130. The summed E-state index contributed by atoms with van der Waals surface area (Å²) in [6, 6.07) is 15.2. The fourth-order valence-corrected chi connectivity index (χ4v) is 4.63. The van der Waals surface area contributed by atoms with Crippen LogP contribution in [0.1, 0.15) is 35.2 Å². The Balaban J connectivity index is 1.62. The summed E-state index contributed by atoms with van der Waals surface area (Å²) in [5.74, 6) is -1.27. The van der Waals surface area contributed by atoms with E-state index in [9.17, 15) is 22.8 Å². The molecular formula is C25H31N3O5S. The van der Waals surface area contributed by atoms with Gasteiger partial charge in [0.25, 0.3) is 5.91 Å². The number of aryl methyl sites for hydroxylation is 1. The third-order valence-corrected chi connectivity index (χ3v) is 6.86. The Morgan fingerprint density at radius 3 is 2.32 bits per heavy atom. The number of nitrogens with zero attached hydrogens (tertiary/aromatic N) is 1. The number of hydrogen-bond acceptors (Lipinski definition) is 5. The van der Waals surface area contributed by atoms with Crippen LogP contribution in [0.3, 0.4) is 0 Å². The molecule has 2 aromatic carbocycles. The minimum atomic E-state index is -3.32. The molecule has 34 heavy (non-hydrogen) atoms. The van der Waals surface area contributed by atoms with Gasteiger partial charge in [-0.1, -0.05) is 35.9 Å². The maximum atomic E-state index is 13.2. The average molecular weight is 486 g/mol. The number of rotatable bonds is 8. The van der Waals surface area contributed by atoms with Crippen LogP contribution in [0.2, 0.25) is 0 Å². The summed E-state index contributed by atoms with van der Waals surface area (Å²) in [4.78, 5) is 40.2. The van der Waals surface area contributed by atoms with Gasteiger partial charge in [0.15, 0.2) is 0 Å². The van der Waals surface area contributed by atoms with Gasteiger partial charge in [-0.2, -0.15) is 0 Å². The van der Waals surface area contributed by atoms with Crippen molar-refractivity contribution in [3.63, 3.8) is 0 Å². The van der Waals surface area contributed by atoms with Crippen molar-refractivity contribution in [2.45, 2.75) is 32.2 Å². The molecule has 8 nitrogen and oxygen atoms in total. The van der Waals surface area contributed by atoms with Gasteiger partial charge in [-0.25, -0.2) is 8.42 Å². The van der Waals surface area contributed by atoms with Crippen LogP contribution < -0.4 is 10.6 Å². The Morgan fingerprint density at radius 1 is 1.03 bits per heavy atom. The predicted octanol–water partition coefficient (Wildman–Crippen LogP) is 2.41. The molecule has 1 fully saturated rings. The number of sulfone groups is 1. The molecule has 3 amide bonds. The van der Waals surface area contributed by atoms with Gasteiger partial charge < -0.3 is 15.5 Å². The second kappa shape index (κ2) is 11.3. The van der Waals surface area contributed by atoms with Gasteiger partial charge in [0, 0.05) is 36.5 Å².